The maximum Gasteiger partial charge on any atom is 0.263 e. The van der Waals surface area contributed by atoms with E-state index in [1.807, 2.05) is 18.3 Å². The van der Waals surface area contributed by atoms with Gasteiger partial charge in [-0.15, -0.1) is 0 Å². The minimum Gasteiger partial charge on any atom is -0.325 e. The lowest BCUT2D eigenvalue weighted by Crippen LogP contribution is -2.13. The largest absolute Gasteiger partial charge is 0.325 e. The van der Waals surface area contributed by atoms with Crippen LogP contribution in [0.2, 0.25) is 0 Å². The number of para-hydroxylation sites is 1. The summed E-state index contributed by atoms with van der Waals surface area (Å²) in [6, 6.07) is 10.4. The molecule has 4 rings (SSSR count). The molecule has 0 saturated carbocycles. The number of rotatable bonds is 4. The van der Waals surface area contributed by atoms with Crippen molar-refractivity contribution in [1.29, 1.82) is 0 Å². The summed E-state index contributed by atoms with van der Waals surface area (Å²) in [4.78, 5) is 8.60. The van der Waals surface area contributed by atoms with Crippen molar-refractivity contribution in [2.45, 2.75) is 16.6 Å². The summed E-state index contributed by atoms with van der Waals surface area (Å²) in [5.74, 6) is 1.03. The van der Waals surface area contributed by atoms with Gasteiger partial charge in [0, 0.05) is 36.5 Å². The molecule has 3 aromatic rings. The SMILES string of the molecule is O=S(=O)(Nc1ccccc1-c1cn2c(n1)SCC2)c1cccnc1. The van der Waals surface area contributed by atoms with Crippen molar-refractivity contribution in [3.63, 3.8) is 0 Å². The highest BCUT2D eigenvalue weighted by Gasteiger charge is 2.20. The Bertz CT molecular complexity index is 963. The van der Waals surface area contributed by atoms with Gasteiger partial charge in [0.2, 0.25) is 0 Å². The van der Waals surface area contributed by atoms with Crippen LogP contribution in [0.15, 0.2) is 65.0 Å². The van der Waals surface area contributed by atoms with Crippen molar-refractivity contribution in [3.8, 4) is 11.3 Å². The number of sulfonamides is 1. The molecule has 0 spiro atoms. The molecule has 0 amide bonds. The van der Waals surface area contributed by atoms with Crippen LogP contribution in [0.5, 0.6) is 0 Å². The number of nitrogens with one attached hydrogen (secondary N) is 1. The summed E-state index contributed by atoms with van der Waals surface area (Å²) in [6.07, 6.45) is 4.83. The van der Waals surface area contributed by atoms with E-state index in [0.717, 1.165) is 28.7 Å². The summed E-state index contributed by atoms with van der Waals surface area (Å²) in [5, 5.41) is 0.968. The van der Waals surface area contributed by atoms with Gasteiger partial charge < -0.3 is 4.57 Å². The molecule has 0 saturated heterocycles. The summed E-state index contributed by atoms with van der Waals surface area (Å²) < 4.78 is 29.8. The van der Waals surface area contributed by atoms with E-state index in [-0.39, 0.29) is 4.90 Å². The van der Waals surface area contributed by atoms with Crippen LogP contribution in [0.1, 0.15) is 0 Å². The smallest absolute Gasteiger partial charge is 0.263 e. The van der Waals surface area contributed by atoms with Gasteiger partial charge in [-0.25, -0.2) is 13.4 Å². The standard InChI is InChI=1S/C16H14N4O2S2/c21-24(22,12-4-3-7-17-10-12)19-14-6-2-1-5-13(14)15-11-20-8-9-23-16(20)18-15/h1-7,10-11,19H,8-9H2. The lowest BCUT2D eigenvalue weighted by Gasteiger charge is -2.11. The predicted octanol–water partition coefficient (Wildman–Crippen LogP) is 2.85. The molecule has 3 heterocycles. The molecule has 0 radical (unpaired) electrons. The lowest BCUT2D eigenvalue weighted by molar-refractivity contribution is 0.601. The summed E-state index contributed by atoms with van der Waals surface area (Å²) in [7, 11) is -3.69. The second-order valence-electron chi connectivity index (χ2n) is 5.29. The molecule has 2 aromatic heterocycles. The van der Waals surface area contributed by atoms with E-state index in [1.54, 1.807) is 30.0 Å². The molecular weight excluding hydrogens is 344 g/mol. The number of pyridine rings is 1. The molecule has 6 nitrogen and oxygen atoms in total. The number of aryl methyl sites for hydroxylation is 1. The minimum absolute atomic E-state index is 0.127. The lowest BCUT2D eigenvalue weighted by atomic mass is 10.1. The topological polar surface area (TPSA) is 76.9 Å². The Kier molecular flexibility index (Phi) is 3.78. The van der Waals surface area contributed by atoms with Crippen molar-refractivity contribution in [3.05, 3.63) is 55.0 Å². The van der Waals surface area contributed by atoms with Crippen LogP contribution in [0.3, 0.4) is 0 Å². The normalized spacial score (nSPS) is 13.7. The van der Waals surface area contributed by atoms with E-state index in [9.17, 15) is 8.42 Å². The Morgan fingerprint density at radius 3 is 2.83 bits per heavy atom. The maximum atomic E-state index is 12.5. The maximum absolute atomic E-state index is 12.5. The Morgan fingerprint density at radius 2 is 2.04 bits per heavy atom. The van der Waals surface area contributed by atoms with Gasteiger partial charge in [-0.3, -0.25) is 9.71 Å². The van der Waals surface area contributed by atoms with Crippen LogP contribution < -0.4 is 4.72 Å². The van der Waals surface area contributed by atoms with Gasteiger partial charge >= 0.3 is 0 Å². The van der Waals surface area contributed by atoms with Crippen LogP contribution >= 0.6 is 11.8 Å². The number of thioether (sulfide) groups is 1. The molecule has 0 atom stereocenters. The Hall–Kier alpha value is -2.32. The number of hydrogen-bond acceptors (Lipinski definition) is 5. The van der Waals surface area contributed by atoms with Crippen molar-refractivity contribution in [2.24, 2.45) is 0 Å². The fraction of sp³-hybridized carbons (Fsp3) is 0.125. The number of imidazole rings is 1. The zero-order valence-corrected chi connectivity index (χ0v) is 14.2. The average Bonchev–Trinajstić information content (AvgIpc) is 3.17. The zero-order valence-electron chi connectivity index (χ0n) is 12.6. The minimum atomic E-state index is -3.69. The van der Waals surface area contributed by atoms with Crippen molar-refractivity contribution < 1.29 is 8.42 Å². The molecule has 24 heavy (non-hydrogen) atoms. The number of aromatic nitrogens is 3. The zero-order chi connectivity index (χ0) is 16.6. The number of anilines is 1. The first-order valence-corrected chi connectivity index (χ1v) is 9.82. The molecular formula is C16H14N4O2S2. The first kappa shape index (κ1) is 15.2. The Labute approximate surface area is 144 Å². The van der Waals surface area contributed by atoms with E-state index in [2.05, 4.69) is 19.3 Å². The molecule has 1 aromatic carbocycles. The third kappa shape index (κ3) is 2.78. The molecule has 1 aliphatic rings. The van der Waals surface area contributed by atoms with Crippen LogP contribution in [-0.2, 0) is 16.6 Å². The Morgan fingerprint density at radius 1 is 1.17 bits per heavy atom. The van der Waals surface area contributed by atoms with E-state index < -0.39 is 10.0 Å². The average molecular weight is 358 g/mol. The van der Waals surface area contributed by atoms with Crippen molar-refractivity contribution in [2.75, 3.05) is 10.5 Å². The number of fused-ring (bicyclic) bond motifs is 1. The van der Waals surface area contributed by atoms with Crippen LogP contribution in [0, 0.1) is 0 Å². The second-order valence-corrected chi connectivity index (χ2v) is 8.03. The molecule has 8 heteroatoms. The van der Waals surface area contributed by atoms with E-state index in [1.165, 1.54) is 18.5 Å². The first-order chi connectivity index (χ1) is 11.6. The molecule has 0 fully saturated rings. The fourth-order valence-electron chi connectivity index (χ4n) is 2.54. The number of benzene rings is 1. The molecule has 0 bridgehead atoms. The summed E-state index contributed by atoms with van der Waals surface area (Å²) in [5.41, 5.74) is 2.03. The highest BCUT2D eigenvalue weighted by Crippen LogP contribution is 2.33. The first-order valence-electron chi connectivity index (χ1n) is 7.36. The number of hydrogen-bond donors (Lipinski definition) is 1. The van der Waals surface area contributed by atoms with E-state index in [4.69, 9.17) is 0 Å². The molecule has 0 aliphatic carbocycles. The molecule has 1 N–H and O–H groups in total. The fourth-order valence-corrected chi connectivity index (χ4v) is 4.53. The third-order valence-corrected chi connectivity index (χ3v) is 6.02. The van der Waals surface area contributed by atoms with Gasteiger partial charge in [-0.05, 0) is 18.2 Å². The molecule has 122 valence electrons. The van der Waals surface area contributed by atoms with Crippen LogP contribution in [-0.4, -0.2) is 28.7 Å². The quantitative estimate of drug-likeness (QED) is 0.776. The second kappa shape index (κ2) is 5.95. The van der Waals surface area contributed by atoms with Gasteiger partial charge in [-0.2, -0.15) is 0 Å². The third-order valence-electron chi connectivity index (χ3n) is 3.70. The van der Waals surface area contributed by atoms with Crippen molar-refractivity contribution in [1.82, 2.24) is 14.5 Å². The van der Waals surface area contributed by atoms with Gasteiger partial charge in [-0.1, -0.05) is 30.0 Å². The predicted molar refractivity (Wildman–Crippen MR) is 93.4 cm³/mol. The van der Waals surface area contributed by atoms with E-state index in [0.29, 0.717) is 5.69 Å². The van der Waals surface area contributed by atoms with Crippen LogP contribution in [0.4, 0.5) is 5.69 Å². The Balaban J connectivity index is 1.72. The summed E-state index contributed by atoms with van der Waals surface area (Å²) >= 11 is 1.70. The highest BCUT2D eigenvalue weighted by molar-refractivity contribution is 7.99. The van der Waals surface area contributed by atoms with Crippen molar-refractivity contribution >= 4 is 27.5 Å². The van der Waals surface area contributed by atoms with E-state index >= 15 is 0 Å². The molecule has 1 aliphatic heterocycles. The molecule has 0 unspecified atom stereocenters. The number of nitrogens with zero attached hydrogens (tertiary/aromatic N) is 3. The summed E-state index contributed by atoms with van der Waals surface area (Å²) in [6.45, 7) is 0.927. The highest BCUT2D eigenvalue weighted by atomic mass is 32.2. The van der Waals surface area contributed by atoms with Gasteiger partial charge in [0.1, 0.15) is 4.90 Å². The van der Waals surface area contributed by atoms with Gasteiger partial charge in [0.15, 0.2) is 5.16 Å². The van der Waals surface area contributed by atoms with Gasteiger partial charge in [0.25, 0.3) is 10.0 Å². The monoisotopic (exact) mass is 358 g/mol. The van der Waals surface area contributed by atoms with Gasteiger partial charge in [0.05, 0.1) is 11.4 Å². The van der Waals surface area contributed by atoms with Crippen LogP contribution in [0.25, 0.3) is 11.3 Å².